The van der Waals surface area contributed by atoms with Crippen molar-refractivity contribution in [2.24, 2.45) is 5.92 Å². The van der Waals surface area contributed by atoms with E-state index in [1.165, 1.54) is 0 Å². The summed E-state index contributed by atoms with van der Waals surface area (Å²) in [5, 5.41) is 12.7. The number of hydrogen-bond donors (Lipinski definition) is 1. The third kappa shape index (κ3) is 4.99. The van der Waals surface area contributed by atoms with Crippen molar-refractivity contribution in [3.05, 3.63) is 58.7 Å². The Morgan fingerprint density at radius 1 is 1.33 bits per heavy atom. The molecule has 27 heavy (non-hydrogen) atoms. The van der Waals surface area contributed by atoms with E-state index in [4.69, 9.17) is 16.9 Å². The first-order valence-electron chi connectivity index (χ1n) is 9.21. The highest BCUT2D eigenvalue weighted by molar-refractivity contribution is 6.31. The minimum Gasteiger partial charge on any atom is -0.357 e. The van der Waals surface area contributed by atoms with Crippen molar-refractivity contribution in [2.45, 2.75) is 32.2 Å². The Hall–Kier alpha value is -2.58. The Morgan fingerprint density at radius 2 is 2.07 bits per heavy atom. The van der Waals surface area contributed by atoms with Crippen molar-refractivity contribution >= 4 is 23.3 Å². The molecule has 0 spiro atoms. The standard InChI is InChI=1S/C21H23ClN4O/c1-15(12-18-4-2-3-5-19(18)22)25-21(27)17-8-10-26(11-9-17)20-7-6-16(13-23)14-24-20/h2-7,14-15,17H,8-12H2,1H3,(H,25,27). The number of hydrogen-bond acceptors (Lipinski definition) is 4. The van der Waals surface area contributed by atoms with Crippen LogP contribution in [-0.2, 0) is 11.2 Å². The molecule has 140 valence electrons. The van der Waals surface area contributed by atoms with Gasteiger partial charge in [-0.05, 0) is 49.9 Å². The highest BCUT2D eigenvalue weighted by atomic mass is 35.5. The minimum absolute atomic E-state index is 0.0216. The molecule has 1 aliphatic rings. The first kappa shape index (κ1) is 19.2. The van der Waals surface area contributed by atoms with Crippen LogP contribution in [0.5, 0.6) is 0 Å². The van der Waals surface area contributed by atoms with Gasteiger partial charge in [0.2, 0.25) is 5.91 Å². The van der Waals surface area contributed by atoms with Crippen LogP contribution in [-0.4, -0.2) is 30.0 Å². The van der Waals surface area contributed by atoms with Crippen molar-refractivity contribution in [3.8, 4) is 6.07 Å². The lowest BCUT2D eigenvalue weighted by Crippen LogP contribution is -2.43. The molecule has 6 heteroatoms. The predicted molar refractivity (Wildman–Crippen MR) is 107 cm³/mol. The number of anilines is 1. The number of nitrogens with one attached hydrogen (secondary N) is 1. The number of aromatic nitrogens is 1. The maximum absolute atomic E-state index is 12.6. The van der Waals surface area contributed by atoms with Crippen molar-refractivity contribution in [1.29, 1.82) is 5.26 Å². The number of benzene rings is 1. The lowest BCUT2D eigenvalue weighted by Gasteiger charge is -2.32. The molecule has 2 heterocycles. The van der Waals surface area contributed by atoms with Gasteiger partial charge in [0, 0.05) is 36.3 Å². The monoisotopic (exact) mass is 382 g/mol. The van der Waals surface area contributed by atoms with Crippen LogP contribution in [0.1, 0.15) is 30.9 Å². The summed E-state index contributed by atoms with van der Waals surface area (Å²) in [5.41, 5.74) is 1.61. The smallest absolute Gasteiger partial charge is 0.223 e. The molecule has 5 nitrogen and oxygen atoms in total. The van der Waals surface area contributed by atoms with E-state index < -0.39 is 0 Å². The summed E-state index contributed by atoms with van der Waals surface area (Å²) in [6.07, 6.45) is 3.91. The zero-order chi connectivity index (χ0) is 19.2. The molecule has 0 radical (unpaired) electrons. The van der Waals surface area contributed by atoms with Gasteiger partial charge in [0.25, 0.3) is 0 Å². The fourth-order valence-corrected chi connectivity index (χ4v) is 3.63. The summed E-state index contributed by atoms with van der Waals surface area (Å²) >= 11 is 6.20. The number of halogens is 1. The minimum atomic E-state index is 0.0216. The summed E-state index contributed by atoms with van der Waals surface area (Å²) in [7, 11) is 0. The van der Waals surface area contributed by atoms with Crippen LogP contribution in [0.3, 0.4) is 0 Å². The van der Waals surface area contributed by atoms with Crippen LogP contribution < -0.4 is 10.2 Å². The Morgan fingerprint density at radius 3 is 2.70 bits per heavy atom. The molecule has 1 saturated heterocycles. The van der Waals surface area contributed by atoms with E-state index in [1.54, 1.807) is 12.3 Å². The molecule has 0 aliphatic carbocycles. The summed E-state index contributed by atoms with van der Waals surface area (Å²) in [5.74, 6) is 0.996. The van der Waals surface area contributed by atoms with Crippen molar-refractivity contribution in [2.75, 3.05) is 18.0 Å². The fraction of sp³-hybridized carbons (Fsp3) is 0.381. The van der Waals surface area contributed by atoms with Gasteiger partial charge in [0.05, 0.1) is 5.56 Å². The predicted octanol–water partition coefficient (Wildman–Crippen LogP) is 3.57. The Bertz CT molecular complexity index is 823. The van der Waals surface area contributed by atoms with Gasteiger partial charge in [-0.3, -0.25) is 4.79 Å². The van der Waals surface area contributed by atoms with Gasteiger partial charge < -0.3 is 10.2 Å². The number of piperidine rings is 1. The summed E-state index contributed by atoms with van der Waals surface area (Å²) in [4.78, 5) is 19.1. The number of nitrogens with zero attached hydrogens (tertiary/aromatic N) is 3. The number of pyridine rings is 1. The first-order chi connectivity index (χ1) is 13.1. The second kappa shape index (κ2) is 8.88. The molecule has 0 bridgehead atoms. The van der Waals surface area contributed by atoms with Crippen LogP contribution in [0.25, 0.3) is 0 Å². The zero-order valence-electron chi connectivity index (χ0n) is 15.4. The molecular weight excluding hydrogens is 360 g/mol. The van der Waals surface area contributed by atoms with Crippen LogP contribution in [0.4, 0.5) is 5.82 Å². The molecule has 0 saturated carbocycles. The van der Waals surface area contributed by atoms with Crippen LogP contribution in [0.15, 0.2) is 42.6 Å². The number of nitriles is 1. The van der Waals surface area contributed by atoms with Gasteiger partial charge >= 0.3 is 0 Å². The molecule has 1 unspecified atom stereocenters. The maximum atomic E-state index is 12.6. The van der Waals surface area contributed by atoms with Crippen molar-refractivity contribution in [1.82, 2.24) is 10.3 Å². The molecule has 1 aromatic carbocycles. The average molecular weight is 383 g/mol. The molecule has 3 rings (SSSR count). The maximum Gasteiger partial charge on any atom is 0.223 e. The molecule has 1 fully saturated rings. The summed E-state index contributed by atoms with van der Waals surface area (Å²) in [6.45, 7) is 3.59. The van der Waals surface area contributed by atoms with E-state index in [0.29, 0.717) is 5.56 Å². The third-order valence-electron chi connectivity index (χ3n) is 4.94. The van der Waals surface area contributed by atoms with E-state index >= 15 is 0 Å². The highest BCUT2D eigenvalue weighted by Crippen LogP contribution is 2.23. The van der Waals surface area contributed by atoms with Crippen LogP contribution in [0.2, 0.25) is 5.02 Å². The number of rotatable bonds is 5. The molecular formula is C21H23ClN4O. The van der Waals surface area contributed by atoms with E-state index in [-0.39, 0.29) is 17.9 Å². The molecule has 1 N–H and O–H groups in total. The first-order valence-corrected chi connectivity index (χ1v) is 9.59. The second-order valence-electron chi connectivity index (χ2n) is 6.98. The number of amides is 1. The summed E-state index contributed by atoms with van der Waals surface area (Å²) < 4.78 is 0. The van der Waals surface area contributed by atoms with Gasteiger partial charge in [0.1, 0.15) is 11.9 Å². The lowest BCUT2D eigenvalue weighted by molar-refractivity contribution is -0.126. The third-order valence-corrected chi connectivity index (χ3v) is 5.31. The van der Waals surface area contributed by atoms with E-state index in [9.17, 15) is 4.79 Å². The van der Waals surface area contributed by atoms with E-state index in [2.05, 4.69) is 21.3 Å². The van der Waals surface area contributed by atoms with Gasteiger partial charge in [0.15, 0.2) is 0 Å². The lowest BCUT2D eigenvalue weighted by atomic mass is 9.95. The highest BCUT2D eigenvalue weighted by Gasteiger charge is 2.26. The molecule has 1 aromatic heterocycles. The Kier molecular flexibility index (Phi) is 6.31. The van der Waals surface area contributed by atoms with Gasteiger partial charge in [-0.15, -0.1) is 0 Å². The fourth-order valence-electron chi connectivity index (χ4n) is 3.42. The van der Waals surface area contributed by atoms with Gasteiger partial charge in [-0.2, -0.15) is 5.26 Å². The molecule has 1 aliphatic heterocycles. The van der Waals surface area contributed by atoms with Crippen molar-refractivity contribution in [3.63, 3.8) is 0 Å². The number of carbonyl (C=O) groups excluding carboxylic acids is 1. The molecule has 2 aromatic rings. The molecule has 1 atom stereocenters. The SMILES string of the molecule is CC(Cc1ccccc1Cl)NC(=O)C1CCN(c2ccc(C#N)cn2)CC1. The normalized spacial score (nSPS) is 15.8. The quantitative estimate of drug-likeness (QED) is 0.858. The van der Waals surface area contributed by atoms with Gasteiger partial charge in [-0.1, -0.05) is 29.8 Å². The van der Waals surface area contributed by atoms with Crippen LogP contribution in [0, 0.1) is 17.2 Å². The van der Waals surface area contributed by atoms with Crippen molar-refractivity contribution < 1.29 is 4.79 Å². The largest absolute Gasteiger partial charge is 0.357 e. The van der Waals surface area contributed by atoms with Crippen LogP contribution >= 0.6 is 11.6 Å². The van der Waals surface area contributed by atoms with E-state index in [1.807, 2.05) is 37.3 Å². The van der Waals surface area contributed by atoms with Gasteiger partial charge in [-0.25, -0.2) is 4.98 Å². The zero-order valence-corrected chi connectivity index (χ0v) is 16.1. The molecule has 1 amide bonds. The topological polar surface area (TPSA) is 69.0 Å². The Balaban J connectivity index is 1.49. The van der Waals surface area contributed by atoms with E-state index in [0.717, 1.165) is 48.8 Å². The Labute approximate surface area is 165 Å². The summed E-state index contributed by atoms with van der Waals surface area (Å²) in [6, 6.07) is 13.5. The second-order valence-corrected chi connectivity index (χ2v) is 7.39. The average Bonchev–Trinajstić information content (AvgIpc) is 2.70. The number of carbonyl (C=O) groups is 1.